The summed E-state index contributed by atoms with van der Waals surface area (Å²) >= 11 is 0. The standard InChI is InChI=1S/C18H24N2/c1-14(7-6-11-20-18(2,3)4)16-9-5-8-15-10-12-19-13-17(15)16/h5,7-10,12-13,20H,6,11H2,1-4H3/b14-7-. The van der Waals surface area contributed by atoms with Crippen LogP contribution in [-0.4, -0.2) is 17.1 Å². The third kappa shape index (κ3) is 3.91. The molecule has 0 fully saturated rings. The molecule has 1 aromatic heterocycles. The molecular formula is C18H24N2. The quantitative estimate of drug-likeness (QED) is 0.830. The first-order valence-corrected chi connectivity index (χ1v) is 7.22. The van der Waals surface area contributed by atoms with Gasteiger partial charge in [0.05, 0.1) is 0 Å². The molecule has 0 atom stereocenters. The summed E-state index contributed by atoms with van der Waals surface area (Å²) in [5.74, 6) is 0. The molecule has 0 saturated carbocycles. The van der Waals surface area contributed by atoms with Gasteiger partial charge in [-0.2, -0.15) is 0 Å². The molecule has 0 saturated heterocycles. The largest absolute Gasteiger partial charge is 0.312 e. The van der Waals surface area contributed by atoms with Gasteiger partial charge in [-0.1, -0.05) is 24.3 Å². The van der Waals surface area contributed by atoms with Crippen LogP contribution >= 0.6 is 0 Å². The molecular weight excluding hydrogens is 244 g/mol. The zero-order valence-electron chi connectivity index (χ0n) is 12.9. The summed E-state index contributed by atoms with van der Waals surface area (Å²) in [5, 5.41) is 5.99. The van der Waals surface area contributed by atoms with E-state index in [0.29, 0.717) is 0 Å². The number of aromatic nitrogens is 1. The minimum atomic E-state index is 0.186. The van der Waals surface area contributed by atoms with Crippen molar-refractivity contribution in [2.75, 3.05) is 6.54 Å². The summed E-state index contributed by atoms with van der Waals surface area (Å²) in [6.45, 7) is 9.77. The summed E-state index contributed by atoms with van der Waals surface area (Å²) in [7, 11) is 0. The predicted octanol–water partition coefficient (Wildman–Crippen LogP) is 4.42. The lowest BCUT2D eigenvalue weighted by Crippen LogP contribution is -2.36. The van der Waals surface area contributed by atoms with Crippen molar-refractivity contribution in [3.63, 3.8) is 0 Å². The van der Waals surface area contributed by atoms with Crippen LogP contribution in [0.15, 0.2) is 42.7 Å². The van der Waals surface area contributed by atoms with Gasteiger partial charge < -0.3 is 5.32 Å². The number of benzene rings is 1. The Kier molecular flexibility index (Phi) is 4.56. The molecule has 1 heterocycles. The van der Waals surface area contributed by atoms with E-state index >= 15 is 0 Å². The Balaban J connectivity index is 2.13. The maximum absolute atomic E-state index is 4.25. The first-order valence-electron chi connectivity index (χ1n) is 7.22. The molecule has 2 aromatic rings. The Labute approximate surface area is 121 Å². The van der Waals surface area contributed by atoms with Crippen LogP contribution in [0, 0.1) is 0 Å². The molecule has 0 aliphatic rings. The molecule has 106 valence electrons. The molecule has 20 heavy (non-hydrogen) atoms. The fourth-order valence-corrected chi connectivity index (χ4v) is 2.30. The SMILES string of the molecule is C/C(=C/CCNC(C)(C)C)c1cccc2ccncc12. The summed E-state index contributed by atoms with van der Waals surface area (Å²) in [6.07, 6.45) is 7.15. The Bertz CT molecular complexity index is 601. The summed E-state index contributed by atoms with van der Waals surface area (Å²) in [5.41, 5.74) is 2.79. The van der Waals surface area contributed by atoms with Gasteiger partial charge in [-0.25, -0.2) is 0 Å². The van der Waals surface area contributed by atoms with E-state index in [1.54, 1.807) is 0 Å². The third-order valence-corrected chi connectivity index (χ3v) is 3.36. The fourth-order valence-electron chi connectivity index (χ4n) is 2.30. The molecule has 0 unspecified atom stereocenters. The van der Waals surface area contributed by atoms with E-state index in [9.17, 15) is 0 Å². The summed E-state index contributed by atoms with van der Waals surface area (Å²) in [4.78, 5) is 4.25. The van der Waals surface area contributed by atoms with Crippen molar-refractivity contribution in [1.82, 2.24) is 10.3 Å². The van der Waals surface area contributed by atoms with Crippen molar-refractivity contribution >= 4 is 16.3 Å². The van der Waals surface area contributed by atoms with Crippen molar-refractivity contribution in [3.05, 3.63) is 48.3 Å². The smallest absolute Gasteiger partial charge is 0.0352 e. The molecule has 2 heteroatoms. The fraction of sp³-hybridized carbons (Fsp3) is 0.389. The number of nitrogens with one attached hydrogen (secondary N) is 1. The molecule has 0 bridgehead atoms. The van der Waals surface area contributed by atoms with E-state index in [-0.39, 0.29) is 5.54 Å². The second-order valence-electron chi connectivity index (χ2n) is 6.25. The van der Waals surface area contributed by atoms with E-state index in [1.807, 2.05) is 12.4 Å². The molecule has 0 aliphatic heterocycles. The lowest BCUT2D eigenvalue weighted by atomic mass is 10.00. The van der Waals surface area contributed by atoms with Crippen LogP contribution in [0.5, 0.6) is 0 Å². The first-order chi connectivity index (χ1) is 9.47. The van der Waals surface area contributed by atoms with E-state index in [1.165, 1.54) is 21.9 Å². The van der Waals surface area contributed by atoms with Gasteiger partial charge in [0, 0.05) is 23.3 Å². The normalized spacial score (nSPS) is 12.9. The Hall–Kier alpha value is -1.67. The molecule has 0 amide bonds. The average molecular weight is 268 g/mol. The van der Waals surface area contributed by atoms with Gasteiger partial charge in [-0.05, 0) is 63.2 Å². The predicted molar refractivity (Wildman–Crippen MR) is 87.8 cm³/mol. The minimum Gasteiger partial charge on any atom is -0.312 e. The lowest BCUT2D eigenvalue weighted by molar-refractivity contribution is 0.431. The third-order valence-electron chi connectivity index (χ3n) is 3.36. The average Bonchev–Trinajstić information content (AvgIpc) is 2.41. The maximum Gasteiger partial charge on any atom is 0.0352 e. The number of pyridine rings is 1. The molecule has 2 rings (SSSR count). The highest BCUT2D eigenvalue weighted by molar-refractivity contribution is 5.92. The highest BCUT2D eigenvalue weighted by Crippen LogP contribution is 2.24. The highest BCUT2D eigenvalue weighted by Gasteiger charge is 2.07. The second-order valence-corrected chi connectivity index (χ2v) is 6.25. The second kappa shape index (κ2) is 6.19. The van der Waals surface area contributed by atoms with E-state index < -0.39 is 0 Å². The van der Waals surface area contributed by atoms with Crippen LogP contribution in [0.1, 0.15) is 39.7 Å². The number of allylic oxidation sites excluding steroid dienone is 1. The monoisotopic (exact) mass is 268 g/mol. The van der Waals surface area contributed by atoms with Gasteiger partial charge in [0.25, 0.3) is 0 Å². The van der Waals surface area contributed by atoms with Crippen LogP contribution in [0.2, 0.25) is 0 Å². The topological polar surface area (TPSA) is 24.9 Å². The Morgan fingerprint density at radius 1 is 1.25 bits per heavy atom. The van der Waals surface area contributed by atoms with Crippen LogP contribution < -0.4 is 5.32 Å². The number of hydrogen-bond acceptors (Lipinski definition) is 2. The van der Waals surface area contributed by atoms with Crippen LogP contribution in [0.4, 0.5) is 0 Å². The van der Waals surface area contributed by atoms with Crippen molar-refractivity contribution in [1.29, 1.82) is 0 Å². The highest BCUT2D eigenvalue weighted by atomic mass is 14.9. The maximum atomic E-state index is 4.25. The van der Waals surface area contributed by atoms with Crippen LogP contribution in [-0.2, 0) is 0 Å². The summed E-state index contributed by atoms with van der Waals surface area (Å²) < 4.78 is 0. The van der Waals surface area contributed by atoms with Gasteiger partial charge in [0.2, 0.25) is 0 Å². The Morgan fingerprint density at radius 3 is 2.80 bits per heavy atom. The minimum absolute atomic E-state index is 0.186. The molecule has 1 N–H and O–H groups in total. The van der Waals surface area contributed by atoms with Crippen molar-refractivity contribution in [2.24, 2.45) is 0 Å². The van der Waals surface area contributed by atoms with E-state index in [0.717, 1.165) is 13.0 Å². The van der Waals surface area contributed by atoms with Crippen LogP contribution in [0.25, 0.3) is 16.3 Å². The van der Waals surface area contributed by atoms with Gasteiger partial charge in [0.1, 0.15) is 0 Å². The van der Waals surface area contributed by atoms with Gasteiger partial charge in [-0.3, -0.25) is 4.98 Å². The van der Waals surface area contributed by atoms with Crippen LogP contribution in [0.3, 0.4) is 0 Å². The van der Waals surface area contributed by atoms with E-state index in [4.69, 9.17) is 0 Å². The van der Waals surface area contributed by atoms with E-state index in [2.05, 4.69) is 68.3 Å². The molecule has 0 aliphatic carbocycles. The number of hydrogen-bond donors (Lipinski definition) is 1. The number of rotatable bonds is 4. The van der Waals surface area contributed by atoms with Crippen molar-refractivity contribution < 1.29 is 0 Å². The molecule has 0 radical (unpaired) electrons. The summed E-state index contributed by atoms with van der Waals surface area (Å²) in [6, 6.07) is 8.48. The van der Waals surface area contributed by atoms with Crippen molar-refractivity contribution in [2.45, 2.75) is 39.7 Å². The number of fused-ring (bicyclic) bond motifs is 1. The van der Waals surface area contributed by atoms with Crippen molar-refractivity contribution in [3.8, 4) is 0 Å². The lowest BCUT2D eigenvalue weighted by Gasteiger charge is -2.19. The number of nitrogens with zero attached hydrogens (tertiary/aromatic N) is 1. The zero-order chi connectivity index (χ0) is 14.6. The first kappa shape index (κ1) is 14.7. The van der Waals surface area contributed by atoms with Gasteiger partial charge in [0.15, 0.2) is 0 Å². The Morgan fingerprint density at radius 2 is 2.05 bits per heavy atom. The van der Waals surface area contributed by atoms with Gasteiger partial charge in [-0.15, -0.1) is 0 Å². The molecule has 1 aromatic carbocycles. The molecule has 2 nitrogen and oxygen atoms in total. The molecule has 0 spiro atoms. The van der Waals surface area contributed by atoms with Gasteiger partial charge >= 0.3 is 0 Å². The zero-order valence-corrected chi connectivity index (χ0v) is 12.9.